The molecule has 0 saturated heterocycles. The van der Waals surface area contributed by atoms with Crippen LogP contribution in [-0.2, 0) is 26.1 Å². The van der Waals surface area contributed by atoms with E-state index in [4.69, 9.17) is 9.88 Å². The number of Topliss-reactive ketones (excluding diaryl/α,β-unsaturated/α-hetero) is 1. The fourth-order valence-corrected chi connectivity index (χ4v) is 4.44. The minimum atomic E-state index is -3.79. The van der Waals surface area contributed by atoms with Gasteiger partial charge in [0.1, 0.15) is 0 Å². The third-order valence-corrected chi connectivity index (χ3v) is 6.56. The van der Waals surface area contributed by atoms with Crippen molar-refractivity contribution < 1.29 is 22.7 Å². The summed E-state index contributed by atoms with van der Waals surface area (Å²) in [5.41, 5.74) is 3.94. The first-order valence-corrected chi connectivity index (χ1v) is 12.3. The van der Waals surface area contributed by atoms with E-state index >= 15 is 0 Å². The zero-order valence-corrected chi connectivity index (χ0v) is 20.3. The molecule has 34 heavy (non-hydrogen) atoms. The van der Waals surface area contributed by atoms with Crippen molar-refractivity contribution in [2.24, 2.45) is 5.14 Å². The number of carbonyl (C=O) groups is 2. The summed E-state index contributed by atoms with van der Waals surface area (Å²) in [6.45, 7) is 4.79. The van der Waals surface area contributed by atoms with Gasteiger partial charge in [-0.1, -0.05) is 30.3 Å². The molecule has 1 aromatic heterocycles. The molecule has 0 spiro atoms. The van der Waals surface area contributed by atoms with E-state index in [1.165, 1.54) is 19.2 Å². The van der Waals surface area contributed by atoms with Gasteiger partial charge in [-0.2, -0.15) is 0 Å². The zero-order valence-electron chi connectivity index (χ0n) is 19.5. The van der Waals surface area contributed by atoms with Gasteiger partial charge in [-0.25, -0.2) is 13.6 Å². The molecule has 9 heteroatoms. The summed E-state index contributed by atoms with van der Waals surface area (Å²) in [7, 11) is -2.44. The van der Waals surface area contributed by atoms with Crippen molar-refractivity contribution in [1.29, 1.82) is 0 Å². The molecule has 3 aromatic rings. The first kappa shape index (κ1) is 25.4. The summed E-state index contributed by atoms with van der Waals surface area (Å²) in [5, 5.41) is 5.19. The predicted octanol–water partition coefficient (Wildman–Crippen LogP) is 2.99. The Kier molecular flexibility index (Phi) is 8.03. The van der Waals surface area contributed by atoms with Crippen LogP contribution in [0.2, 0.25) is 0 Å². The zero-order chi connectivity index (χ0) is 24.9. The quantitative estimate of drug-likeness (QED) is 0.351. The highest BCUT2D eigenvalue weighted by molar-refractivity contribution is 7.89. The van der Waals surface area contributed by atoms with Gasteiger partial charge in [-0.15, -0.1) is 0 Å². The second-order valence-electron chi connectivity index (χ2n) is 8.10. The molecular formula is C25H29N3O5S. The minimum absolute atomic E-state index is 0.0252. The number of rotatable bonds is 10. The normalized spacial score (nSPS) is 11.6. The number of primary sulfonamides is 1. The van der Waals surface area contributed by atoms with E-state index in [2.05, 4.69) is 0 Å². The van der Waals surface area contributed by atoms with Crippen molar-refractivity contribution in [1.82, 2.24) is 9.47 Å². The Morgan fingerprint density at radius 3 is 2.26 bits per heavy atom. The standard InChI is InChI=1S/C25H29N3O5S/c1-18-15-23(19(2)28(18)21-9-11-22(12-10-21)34(26,31)32)24(29)17-27(14-13-25(30)33-3)16-20-7-5-4-6-8-20/h4-12,15H,13-14,16-17H2,1-3H3,(H2,26,31,32). The lowest BCUT2D eigenvalue weighted by Crippen LogP contribution is -2.32. The first-order valence-electron chi connectivity index (χ1n) is 10.8. The number of hydrogen-bond donors (Lipinski definition) is 1. The first-order chi connectivity index (χ1) is 16.1. The molecule has 0 aliphatic heterocycles. The highest BCUT2D eigenvalue weighted by Crippen LogP contribution is 2.23. The molecule has 8 nitrogen and oxygen atoms in total. The Hall–Kier alpha value is -3.27. The lowest BCUT2D eigenvalue weighted by molar-refractivity contribution is -0.141. The van der Waals surface area contributed by atoms with E-state index in [0.29, 0.717) is 18.7 Å². The number of methoxy groups -OCH3 is 1. The smallest absolute Gasteiger partial charge is 0.306 e. The predicted molar refractivity (Wildman–Crippen MR) is 129 cm³/mol. The van der Waals surface area contributed by atoms with Crippen LogP contribution in [-0.4, -0.2) is 49.8 Å². The van der Waals surface area contributed by atoms with Crippen molar-refractivity contribution in [3.8, 4) is 5.69 Å². The van der Waals surface area contributed by atoms with Gasteiger partial charge in [0.25, 0.3) is 0 Å². The number of aryl methyl sites for hydroxylation is 1. The highest BCUT2D eigenvalue weighted by atomic mass is 32.2. The highest BCUT2D eigenvalue weighted by Gasteiger charge is 2.20. The molecule has 3 rings (SSSR count). The fourth-order valence-electron chi connectivity index (χ4n) is 3.92. The number of esters is 1. The number of aromatic nitrogens is 1. The number of carbonyl (C=O) groups excluding carboxylic acids is 2. The molecule has 0 unspecified atom stereocenters. The topological polar surface area (TPSA) is 112 Å². The Bertz CT molecular complexity index is 1270. The molecule has 180 valence electrons. The van der Waals surface area contributed by atoms with Crippen LogP contribution in [0.1, 0.15) is 33.7 Å². The van der Waals surface area contributed by atoms with Crippen LogP contribution in [0.4, 0.5) is 0 Å². The van der Waals surface area contributed by atoms with Crippen LogP contribution in [0.3, 0.4) is 0 Å². The van der Waals surface area contributed by atoms with Crippen molar-refractivity contribution in [2.45, 2.75) is 31.7 Å². The lowest BCUT2D eigenvalue weighted by atomic mass is 10.1. The van der Waals surface area contributed by atoms with Gasteiger partial charge < -0.3 is 9.30 Å². The molecule has 2 N–H and O–H groups in total. The molecule has 1 heterocycles. The van der Waals surface area contributed by atoms with Crippen LogP contribution in [0.5, 0.6) is 0 Å². The number of nitrogens with zero attached hydrogens (tertiary/aromatic N) is 2. The van der Waals surface area contributed by atoms with E-state index in [1.807, 2.05) is 59.7 Å². The van der Waals surface area contributed by atoms with E-state index in [-0.39, 0.29) is 29.6 Å². The van der Waals surface area contributed by atoms with Gasteiger partial charge in [0.2, 0.25) is 10.0 Å². The Labute approximate surface area is 200 Å². The number of ketones is 1. The average Bonchev–Trinajstić information content (AvgIpc) is 3.11. The molecule has 0 atom stereocenters. The SMILES string of the molecule is COC(=O)CCN(CC(=O)c1cc(C)n(-c2ccc(S(N)(=O)=O)cc2)c1C)Cc1ccccc1. The number of benzene rings is 2. The summed E-state index contributed by atoms with van der Waals surface area (Å²) in [5.74, 6) is -0.395. The van der Waals surface area contributed by atoms with E-state index in [0.717, 1.165) is 22.6 Å². The van der Waals surface area contributed by atoms with Crippen molar-refractivity contribution in [3.63, 3.8) is 0 Å². The van der Waals surface area contributed by atoms with Gasteiger partial charge in [-0.3, -0.25) is 14.5 Å². The Balaban J connectivity index is 1.83. The van der Waals surface area contributed by atoms with Crippen LogP contribution in [0.25, 0.3) is 5.69 Å². The van der Waals surface area contributed by atoms with E-state index < -0.39 is 10.0 Å². The third kappa shape index (κ3) is 6.19. The summed E-state index contributed by atoms with van der Waals surface area (Å²) in [4.78, 5) is 26.9. The van der Waals surface area contributed by atoms with Crippen molar-refractivity contribution in [2.75, 3.05) is 20.2 Å². The molecule has 0 fully saturated rings. The maximum atomic E-state index is 13.3. The molecule has 0 radical (unpaired) electrons. The fraction of sp³-hybridized carbons (Fsp3) is 0.280. The lowest BCUT2D eigenvalue weighted by Gasteiger charge is -2.21. The second-order valence-corrected chi connectivity index (χ2v) is 9.67. The average molecular weight is 484 g/mol. The molecule has 0 aliphatic rings. The Morgan fingerprint density at radius 1 is 1.03 bits per heavy atom. The van der Waals surface area contributed by atoms with Crippen LogP contribution < -0.4 is 5.14 Å². The van der Waals surface area contributed by atoms with Gasteiger partial charge in [0.15, 0.2) is 5.78 Å². The van der Waals surface area contributed by atoms with Crippen LogP contribution >= 0.6 is 0 Å². The number of hydrogen-bond acceptors (Lipinski definition) is 6. The monoisotopic (exact) mass is 483 g/mol. The molecule has 2 aromatic carbocycles. The van der Waals surface area contributed by atoms with Gasteiger partial charge in [-0.05, 0) is 49.7 Å². The molecule has 0 saturated carbocycles. The van der Waals surface area contributed by atoms with Gasteiger partial charge >= 0.3 is 5.97 Å². The van der Waals surface area contributed by atoms with Crippen LogP contribution in [0.15, 0.2) is 65.6 Å². The Morgan fingerprint density at radius 2 is 1.68 bits per heavy atom. The molecule has 0 amide bonds. The second kappa shape index (κ2) is 10.8. The number of nitrogens with two attached hydrogens (primary N) is 1. The summed E-state index contributed by atoms with van der Waals surface area (Å²) in [6.07, 6.45) is 0.187. The van der Waals surface area contributed by atoms with Crippen LogP contribution in [0, 0.1) is 13.8 Å². The van der Waals surface area contributed by atoms with Gasteiger partial charge in [0.05, 0.1) is 25.0 Å². The molecule has 0 aliphatic carbocycles. The van der Waals surface area contributed by atoms with Gasteiger partial charge in [0, 0.05) is 35.7 Å². The molecule has 0 bridgehead atoms. The maximum absolute atomic E-state index is 13.3. The number of ether oxygens (including phenoxy) is 1. The summed E-state index contributed by atoms with van der Waals surface area (Å²) >= 11 is 0. The van der Waals surface area contributed by atoms with Crippen molar-refractivity contribution >= 4 is 21.8 Å². The minimum Gasteiger partial charge on any atom is -0.469 e. The number of sulfonamides is 1. The van der Waals surface area contributed by atoms with E-state index in [1.54, 1.807) is 12.1 Å². The largest absolute Gasteiger partial charge is 0.469 e. The van der Waals surface area contributed by atoms with Crippen molar-refractivity contribution in [3.05, 3.63) is 83.2 Å². The third-order valence-electron chi connectivity index (χ3n) is 5.63. The summed E-state index contributed by atoms with van der Waals surface area (Å²) in [6, 6.07) is 17.8. The summed E-state index contributed by atoms with van der Waals surface area (Å²) < 4.78 is 29.8. The van der Waals surface area contributed by atoms with E-state index in [9.17, 15) is 18.0 Å². The maximum Gasteiger partial charge on any atom is 0.306 e. The molecular weight excluding hydrogens is 454 g/mol.